The van der Waals surface area contributed by atoms with Crippen LogP contribution in [0.5, 0.6) is 0 Å². The minimum Gasteiger partial charge on any atom is -0.365 e. The second-order valence-electron chi connectivity index (χ2n) is 3.13. The van der Waals surface area contributed by atoms with Crippen LogP contribution in [0.15, 0.2) is 12.3 Å². The predicted molar refractivity (Wildman–Crippen MR) is 65.1 cm³/mol. The number of thiophene rings is 1. The Morgan fingerprint density at radius 1 is 1.56 bits per heavy atom. The van der Waals surface area contributed by atoms with Crippen LogP contribution in [0.2, 0.25) is 9.36 Å². The van der Waals surface area contributed by atoms with E-state index in [0.717, 1.165) is 11.3 Å². The van der Waals surface area contributed by atoms with Crippen LogP contribution in [0, 0.1) is 0 Å². The number of hydrogen-bond acceptors (Lipinski definition) is 3. The summed E-state index contributed by atoms with van der Waals surface area (Å²) in [6.45, 7) is 0. The lowest BCUT2D eigenvalue weighted by atomic mass is 10.2. The van der Waals surface area contributed by atoms with Crippen molar-refractivity contribution in [1.29, 1.82) is 0 Å². The number of aromatic nitrogens is 2. The summed E-state index contributed by atoms with van der Waals surface area (Å²) >= 11 is 13.2. The summed E-state index contributed by atoms with van der Waals surface area (Å²) < 4.78 is 2.07. The van der Waals surface area contributed by atoms with Crippen molar-refractivity contribution in [2.75, 3.05) is 0 Å². The third-order valence-corrected chi connectivity index (χ3v) is 3.73. The molecule has 0 aromatic carbocycles. The number of halogens is 2. The number of carbonyl (C=O) groups excluding carboxylic acids is 1. The average Bonchev–Trinajstić information content (AvgIpc) is 2.71. The lowest BCUT2D eigenvalue weighted by molar-refractivity contribution is 0.100. The summed E-state index contributed by atoms with van der Waals surface area (Å²) in [5, 5.41) is 4.49. The maximum Gasteiger partial charge on any atom is 0.258 e. The monoisotopic (exact) mass is 275 g/mol. The van der Waals surface area contributed by atoms with Gasteiger partial charge in [-0.2, -0.15) is 5.10 Å². The summed E-state index contributed by atoms with van der Waals surface area (Å²) in [5.74, 6) is -0.503. The van der Waals surface area contributed by atoms with Crippen molar-refractivity contribution in [3.05, 3.63) is 26.5 Å². The number of amides is 1. The summed E-state index contributed by atoms with van der Waals surface area (Å²) in [6, 6.07) is 1.62. The van der Waals surface area contributed by atoms with Gasteiger partial charge in [0.1, 0.15) is 4.34 Å². The molecule has 84 valence electrons. The van der Waals surface area contributed by atoms with Crippen LogP contribution >= 0.6 is 34.5 Å². The Kier molecular flexibility index (Phi) is 2.92. The van der Waals surface area contributed by atoms with Crippen LogP contribution in [-0.4, -0.2) is 15.7 Å². The van der Waals surface area contributed by atoms with E-state index in [4.69, 9.17) is 28.9 Å². The Balaban J connectivity index is 2.61. The molecule has 0 unspecified atom stereocenters. The molecule has 0 aliphatic carbocycles. The van der Waals surface area contributed by atoms with Gasteiger partial charge in [-0.3, -0.25) is 9.48 Å². The van der Waals surface area contributed by atoms with Crippen LogP contribution in [0.25, 0.3) is 11.3 Å². The molecular weight excluding hydrogens is 269 g/mol. The van der Waals surface area contributed by atoms with Crippen molar-refractivity contribution >= 4 is 40.4 Å². The highest BCUT2D eigenvalue weighted by molar-refractivity contribution is 7.18. The van der Waals surface area contributed by atoms with Gasteiger partial charge in [0.05, 0.1) is 21.8 Å². The van der Waals surface area contributed by atoms with E-state index in [2.05, 4.69) is 5.10 Å². The highest BCUT2D eigenvalue weighted by atomic mass is 35.5. The van der Waals surface area contributed by atoms with E-state index in [-0.39, 0.29) is 0 Å². The summed E-state index contributed by atoms with van der Waals surface area (Å²) in [6.07, 6.45) is 1.52. The predicted octanol–water partition coefficient (Wildman–Crippen LogP) is 2.55. The smallest absolute Gasteiger partial charge is 0.258 e. The molecule has 2 heterocycles. The largest absolute Gasteiger partial charge is 0.365 e. The van der Waals surface area contributed by atoms with Crippen molar-refractivity contribution in [2.45, 2.75) is 0 Å². The molecule has 0 saturated carbocycles. The zero-order valence-corrected chi connectivity index (χ0v) is 10.5. The van der Waals surface area contributed by atoms with Gasteiger partial charge in [-0.1, -0.05) is 23.2 Å². The van der Waals surface area contributed by atoms with Crippen LogP contribution in [-0.2, 0) is 7.05 Å². The maximum atomic E-state index is 11.0. The average molecular weight is 276 g/mol. The lowest BCUT2D eigenvalue weighted by Gasteiger charge is -2.00. The third kappa shape index (κ3) is 1.81. The number of hydrogen-bond donors (Lipinski definition) is 1. The molecule has 0 saturated heterocycles. The molecule has 4 nitrogen and oxygen atoms in total. The number of rotatable bonds is 2. The molecule has 0 fully saturated rings. The minimum atomic E-state index is -0.503. The maximum absolute atomic E-state index is 11.0. The number of nitrogens with zero attached hydrogens (tertiary/aromatic N) is 2. The quantitative estimate of drug-likeness (QED) is 0.916. The molecule has 0 aliphatic rings. The first kappa shape index (κ1) is 11.4. The number of primary amides is 1. The molecule has 0 atom stereocenters. The van der Waals surface area contributed by atoms with Gasteiger partial charge in [-0.05, 0) is 6.07 Å². The highest BCUT2D eigenvalue weighted by Crippen LogP contribution is 2.38. The van der Waals surface area contributed by atoms with E-state index in [1.807, 2.05) is 0 Å². The minimum absolute atomic E-state index is 0.400. The fourth-order valence-corrected chi connectivity index (χ4v) is 2.76. The van der Waals surface area contributed by atoms with Crippen molar-refractivity contribution in [1.82, 2.24) is 9.78 Å². The van der Waals surface area contributed by atoms with Gasteiger partial charge >= 0.3 is 0 Å². The molecule has 0 aliphatic heterocycles. The lowest BCUT2D eigenvalue weighted by Crippen LogP contribution is -2.08. The molecule has 2 rings (SSSR count). The molecule has 1 amide bonds. The fourth-order valence-electron chi connectivity index (χ4n) is 1.37. The standard InChI is InChI=1S/C9H7Cl2N3OS/c1-14-7(5(10)3-13-14)4-2-6(9(12)15)16-8(4)11/h2-3H,1H3,(H2,12,15). The molecule has 2 aromatic rings. The molecule has 2 N–H and O–H groups in total. The first-order valence-corrected chi connectivity index (χ1v) is 5.85. The Bertz CT molecular complexity index is 542. The van der Waals surface area contributed by atoms with E-state index >= 15 is 0 Å². The summed E-state index contributed by atoms with van der Waals surface area (Å²) in [5.41, 5.74) is 6.53. The van der Waals surface area contributed by atoms with Gasteiger partial charge in [0, 0.05) is 12.6 Å². The van der Waals surface area contributed by atoms with Crippen LogP contribution in [0.4, 0.5) is 0 Å². The van der Waals surface area contributed by atoms with Crippen LogP contribution in [0.3, 0.4) is 0 Å². The van der Waals surface area contributed by atoms with Crippen molar-refractivity contribution in [3.8, 4) is 11.3 Å². The van der Waals surface area contributed by atoms with E-state index in [9.17, 15) is 4.79 Å². The van der Waals surface area contributed by atoms with E-state index < -0.39 is 5.91 Å². The van der Waals surface area contributed by atoms with Gasteiger partial charge in [0.2, 0.25) is 0 Å². The SMILES string of the molecule is Cn1ncc(Cl)c1-c1cc(C(N)=O)sc1Cl. The van der Waals surface area contributed by atoms with Crippen molar-refractivity contribution < 1.29 is 4.79 Å². The van der Waals surface area contributed by atoms with Gasteiger partial charge in [-0.15, -0.1) is 11.3 Å². The second kappa shape index (κ2) is 4.08. The van der Waals surface area contributed by atoms with Crippen LogP contribution < -0.4 is 5.73 Å². The normalized spacial score (nSPS) is 10.7. The van der Waals surface area contributed by atoms with E-state index in [1.54, 1.807) is 17.8 Å². The van der Waals surface area contributed by atoms with Crippen molar-refractivity contribution in [2.24, 2.45) is 12.8 Å². The second-order valence-corrected chi connectivity index (χ2v) is 5.19. The number of aryl methyl sites for hydroxylation is 1. The van der Waals surface area contributed by atoms with Gasteiger partial charge < -0.3 is 5.73 Å². The Morgan fingerprint density at radius 3 is 2.69 bits per heavy atom. The zero-order valence-electron chi connectivity index (χ0n) is 8.20. The van der Waals surface area contributed by atoms with Crippen molar-refractivity contribution in [3.63, 3.8) is 0 Å². The molecular formula is C9H7Cl2N3OS. The fraction of sp³-hybridized carbons (Fsp3) is 0.111. The number of nitrogens with two attached hydrogens (primary N) is 1. The molecule has 2 aromatic heterocycles. The topological polar surface area (TPSA) is 60.9 Å². The summed E-state index contributed by atoms with van der Waals surface area (Å²) in [7, 11) is 1.75. The Hall–Kier alpha value is -1.04. The molecule has 0 radical (unpaired) electrons. The first-order valence-electron chi connectivity index (χ1n) is 4.27. The van der Waals surface area contributed by atoms with Gasteiger partial charge in [0.15, 0.2) is 0 Å². The molecule has 0 bridgehead atoms. The third-order valence-electron chi connectivity index (χ3n) is 2.08. The molecule has 0 spiro atoms. The number of carbonyl (C=O) groups is 1. The molecule has 16 heavy (non-hydrogen) atoms. The zero-order chi connectivity index (χ0) is 11.9. The first-order chi connectivity index (χ1) is 7.50. The highest BCUT2D eigenvalue weighted by Gasteiger charge is 2.17. The van der Waals surface area contributed by atoms with E-state index in [1.165, 1.54) is 6.20 Å². The Labute approximate surface area is 106 Å². The van der Waals surface area contributed by atoms with Gasteiger partial charge in [0.25, 0.3) is 5.91 Å². The van der Waals surface area contributed by atoms with Gasteiger partial charge in [-0.25, -0.2) is 0 Å². The van der Waals surface area contributed by atoms with Crippen LogP contribution in [0.1, 0.15) is 9.67 Å². The molecule has 7 heteroatoms. The Morgan fingerprint density at radius 2 is 2.25 bits per heavy atom. The van der Waals surface area contributed by atoms with E-state index in [0.29, 0.717) is 25.5 Å². The summed E-state index contributed by atoms with van der Waals surface area (Å²) in [4.78, 5) is 11.4.